The zero-order chi connectivity index (χ0) is 15.2. The number of methoxy groups -OCH3 is 2. The van der Waals surface area contributed by atoms with Crippen molar-refractivity contribution in [3.63, 3.8) is 0 Å². The molecule has 7 heteroatoms. The summed E-state index contributed by atoms with van der Waals surface area (Å²) in [5.74, 6) is 0.962. The van der Waals surface area contributed by atoms with Gasteiger partial charge in [0.05, 0.1) is 14.2 Å². The Hall–Kier alpha value is -2.57. The van der Waals surface area contributed by atoms with Gasteiger partial charge in [0.25, 0.3) is 0 Å². The van der Waals surface area contributed by atoms with E-state index in [0.717, 1.165) is 11.3 Å². The molecule has 0 fully saturated rings. The average molecular weight is 290 g/mol. The maximum atomic E-state index is 12.0. The summed E-state index contributed by atoms with van der Waals surface area (Å²) in [6.07, 6.45) is 0.330. The summed E-state index contributed by atoms with van der Waals surface area (Å²) in [4.78, 5) is 15.9. The molecule has 1 aromatic heterocycles. The van der Waals surface area contributed by atoms with E-state index in [-0.39, 0.29) is 23.8 Å². The molecule has 7 nitrogen and oxygen atoms in total. The molecule has 0 bridgehead atoms. The van der Waals surface area contributed by atoms with Crippen LogP contribution < -0.4 is 14.8 Å². The van der Waals surface area contributed by atoms with Gasteiger partial charge >= 0.3 is 6.01 Å². The number of aromatic amines is 1. The van der Waals surface area contributed by atoms with Crippen LogP contribution in [0.15, 0.2) is 24.3 Å². The molecular weight excluding hydrogens is 272 g/mol. The summed E-state index contributed by atoms with van der Waals surface area (Å²) in [6, 6.07) is 7.86. The monoisotopic (exact) mass is 290 g/mol. The molecule has 1 atom stereocenters. The number of nitrogens with zero attached hydrogens (tertiary/aromatic N) is 2. The topological polar surface area (TPSA) is 89.1 Å². The first-order valence-corrected chi connectivity index (χ1v) is 6.52. The third-order valence-corrected chi connectivity index (χ3v) is 3.06. The largest absolute Gasteiger partial charge is 0.497 e. The number of hydrogen-bond donors (Lipinski definition) is 2. The number of hydrogen-bond acceptors (Lipinski definition) is 5. The number of benzene rings is 1. The number of H-pyrrole nitrogens is 1. The Bertz CT molecular complexity index is 612. The number of amides is 1. The fourth-order valence-electron chi connectivity index (χ4n) is 1.92. The Morgan fingerprint density at radius 3 is 2.86 bits per heavy atom. The van der Waals surface area contributed by atoms with E-state index in [9.17, 15) is 4.79 Å². The molecule has 2 aromatic rings. The molecule has 0 spiro atoms. The lowest BCUT2D eigenvalue weighted by atomic mass is 9.97. The van der Waals surface area contributed by atoms with Gasteiger partial charge in [0, 0.05) is 6.42 Å². The highest BCUT2D eigenvalue weighted by molar-refractivity contribution is 5.89. The molecule has 1 aromatic carbocycles. The molecule has 0 aliphatic rings. The Morgan fingerprint density at radius 1 is 1.38 bits per heavy atom. The number of aromatic nitrogens is 3. The summed E-state index contributed by atoms with van der Waals surface area (Å²) in [5, 5.41) is 8.99. The Balaban J connectivity index is 1.94. The van der Waals surface area contributed by atoms with Gasteiger partial charge in [0.2, 0.25) is 11.9 Å². The zero-order valence-corrected chi connectivity index (χ0v) is 12.2. The third-order valence-electron chi connectivity index (χ3n) is 3.06. The van der Waals surface area contributed by atoms with Crippen molar-refractivity contribution in [2.75, 3.05) is 19.5 Å². The first-order valence-electron chi connectivity index (χ1n) is 6.52. The fourth-order valence-corrected chi connectivity index (χ4v) is 1.92. The highest BCUT2D eigenvalue weighted by Crippen LogP contribution is 2.23. The van der Waals surface area contributed by atoms with E-state index in [1.807, 2.05) is 31.2 Å². The fraction of sp³-hybridized carbons (Fsp3) is 0.357. The Labute approximate surface area is 122 Å². The number of anilines is 1. The van der Waals surface area contributed by atoms with Crippen LogP contribution in [0.3, 0.4) is 0 Å². The van der Waals surface area contributed by atoms with E-state index in [1.54, 1.807) is 7.11 Å². The maximum absolute atomic E-state index is 12.0. The Morgan fingerprint density at radius 2 is 2.19 bits per heavy atom. The number of nitrogens with one attached hydrogen (secondary N) is 2. The van der Waals surface area contributed by atoms with Gasteiger partial charge in [-0.1, -0.05) is 19.1 Å². The lowest BCUT2D eigenvalue weighted by Gasteiger charge is -2.12. The van der Waals surface area contributed by atoms with E-state index < -0.39 is 0 Å². The van der Waals surface area contributed by atoms with Crippen molar-refractivity contribution in [3.05, 3.63) is 29.8 Å². The normalized spacial score (nSPS) is 11.8. The van der Waals surface area contributed by atoms with E-state index in [2.05, 4.69) is 20.5 Å². The highest BCUT2D eigenvalue weighted by Gasteiger charge is 2.13. The van der Waals surface area contributed by atoms with Crippen LogP contribution in [0, 0.1) is 0 Å². The van der Waals surface area contributed by atoms with Crippen LogP contribution in [0.2, 0.25) is 0 Å². The van der Waals surface area contributed by atoms with Crippen molar-refractivity contribution >= 4 is 11.9 Å². The van der Waals surface area contributed by atoms with Crippen LogP contribution in [0.4, 0.5) is 5.95 Å². The van der Waals surface area contributed by atoms with Crippen LogP contribution in [-0.2, 0) is 4.79 Å². The van der Waals surface area contributed by atoms with Crippen molar-refractivity contribution < 1.29 is 14.3 Å². The highest BCUT2D eigenvalue weighted by atomic mass is 16.5. The predicted octanol–water partition coefficient (Wildman–Crippen LogP) is 1.95. The van der Waals surface area contributed by atoms with E-state index in [1.165, 1.54) is 7.11 Å². The van der Waals surface area contributed by atoms with Crippen molar-refractivity contribution in [2.45, 2.75) is 19.3 Å². The lowest BCUT2D eigenvalue weighted by Crippen LogP contribution is -2.15. The molecule has 2 N–H and O–H groups in total. The number of rotatable bonds is 6. The van der Waals surface area contributed by atoms with Gasteiger partial charge in [-0.3, -0.25) is 10.1 Å². The van der Waals surface area contributed by atoms with Crippen LogP contribution in [0.5, 0.6) is 11.8 Å². The van der Waals surface area contributed by atoms with Gasteiger partial charge in [0.1, 0.15) is 5.75 Å². The molecule has 0 saturated carbocycles. The molecule has 0 saturated heterocycles. The average Bonchev–Trinajstić information content (AvgIpc) is 2.94. The number of carbonyl (C=O) groups excluding carboxylic acids is 1. The van der Waals surface area contributed by atoms with E-state index >= 15 is 0 Å². The first kappa shape index (κ1) is 14.8. The van der Waals surface area contributed by atoms with Gasteiger partial charge in [0.15, 0.2) is 0 Å². The van der Waals surface area contributed by atoms with Crippen molar-refractivity contribution in [1.29, 1.82) is 0 Å². The van der Waals surface area contributed by atoms with Gasteiger partial charge in [-0.25, -0.2) is 5.10 Å². The van der Waals surface area contributed by atoms with Crippen LogP contribution in [0.25, 0.3) is 0 Å². The minimum Gasteiger partial charge on any atom is -0.497 e. The summed E-state index contributed by atoms with van der Waals surface area (Å²) < 4.78 is 10.0. The minimum atomic E-state index is -0.149. The van der Waals surface area contributed by atoms with Gasteiger partial charge in [-0.2, -0.15) is 4.98 Å². The quantitative estimate of drug-likeness (QED) is 0.848. The predicted molar refractivity (Wildman–Crippen MR) is 77.6 cm³/mol. The molecule has 1 amide bonds. The molecule has 0 aliphatic carbocycles. The Kier molecular flexibility index (Phi) is 4.76. The zero-order valence-electron chi connectivity index (χ0n) is 12.2. The summed E-state index contributed by atoms with van der Waals surface area (Å²) in [5.41, 5.74) is 1.04. The standard InChI is InChI=1S/C14H18N4O3/c1-9(10-5-4-6-11(8-10)20-2)7-12(19)15-13-16-14(21-3)18-17-13/h4-6,8-9H,7H2,1-3H3,(H2,15,16,17,18,19)/t9-/m0/s1. The molecule has 0 unspecified atom stereocenters. The van der Waals surface area contributed by atoms with E-state index in [4.69, 9.17) is 9.47 Å². The van der Waals surface area contributed by atoms with Crippen molar-refractivity contribution in [2.24, 2.45) is 0 Å². The smallest absolute Gasteiger partial charge is 0.336 e. The molecule has 0 aliphatic heterocycles. The van der Waals surface area contributed by atoms with Gasteiger partial charge in [-0.15, -0.1) is 5.10 Å². The molecule has 112 valence electrons. The summed E-state index contributed by atoms with van der Waals surface area (Å²) in [7, 11) is 3.08. The molecule has 21 heavy (non-hydrogen) atoms. The maximum Gasteiger partial charge on any atom is 0.336 e. The lowest BCUT2D eigenvalue weighted by molar-refractivity contribution is -0.116. The summed E-state index contributed by atoms with van der Waals surface area (Å²) in [6.45, 7) is 1.98. The first-order chi connectivity index (χ1) is 10.1. The molecule has 0 radical (unpaired) electrons. The van der Waals surface area contributed by atoms with Crippen LogP contribution >= 0.6 is 0 Å². The van der Waals surface area contributed by atoms with Crippen molar-refractivity contribution in [3.8, 4) is 11.8 Å². The van der Waals surface area contributed by atoms with Gasteiger partial charge in [-0.05, 0) is 23.6 Å². The van der Waals surface area contributed by atoms with Crippen LogP contribution in [-0.4, -0.2) is 35.3 Å². The second-order valence-electron chi connectivity index (χ2n) is 4.60. The van der Waals surface area contributed by atoms with E-state index in [0.29, 0.717) is 6.42 Å². The second kappa shape index (κ2) is 6.74. The second-order valence-corrected chi connectivity index (χ2v) is 4.60. The molecule has 2 rings (SSSR count). The molecular formula is C14H18N4O3. The SMILES string of the molecule is COc1cccc([C@@H](C)CC(=O)Nc2nc(OC)n[nH]2)c1. The molecule has 1 heterocycles. The van der Waals surface area contributed by atoms with Crippen molar-refractivity contribution in [1.82, 2.24) is 15.2 Å². The number of ether oxygens (including phenoxy) is 2. The minimum absolute atomic E-state index is 0.0601. The third kappa shape index (κ3) is 3.95. The number of carbonyl (C=O) groups is 1. The van der Waals surface area contributed by atoms with Gasteiger partial charge < -0.3 is 9.47 Å². The van der Waals surface area contributed by atoms with Crippen LogP contribution in [0.1, 0.15) is 24.8 Å². The summed E-state index contributed by atoms with van der Waals surface area (Å²) >= 11 is 0.